The van der Waals surface area contributed by atoms with Crippen LogP contribution < -0.4 is 5.73 Å². The Balaban J connectivity index is 2.05. The van der Waals surface area contributed by atoms with E-state index in [1.807, 2.05) is 44.2 Å². The average Bonchev–Trinajstić information content (AvgIpc) is 3.08. The standard InChI is InChI=1S/C18H24ClN3O4/c1-3-12(2)16(20)17(23)22(10-14-9-15(19)21-26-14)18(24)25-11-13-7-5-4-6-8-13/h4-8,12,14,16H,3,9-11,20H2,1-2H3/t12-,14?,16-/m0/s1. The molecule has 0 spiro atoms. The van der Waals surface area contributed by atoms with E-state index in [1.165, 1.54) is 0 Å². The van der Waals surface area contributed by atoms with Crippen LogP contribution in [-0.4, -0.2) is 40.8 Å². The summed E-state index contributed by atoms with van der Waals surface area (Å²) < 4.78 is 5.30. The number of carbonyl (C=O) groups excluding carboxylic acids is 2. The van der Waals surface area contributed by atoms with Gasteiger partial charge in [0.2, 0.25) is 5.91 Å². The topological polar surface area (TPSA) is 94.2 Å². The molecule has 7 nitrogen and oxygen atoms in total. The second-order valence-corrected chi connectivity index (χ2v) is 6.74. The number of amides is 2. The summed E-state index contributed by atoms with van der Waals surface area (Å²) in [6.07, 6.45) is -0.214. The molecule has 0 radical (unpaired) electrons. The number of halogens is 1. The first-order chi connectivity index (χ1) is 12.4. The van der Waals surface area contributed by atoms with Crippen LogP contribution in [0, 0.1) is 5.92 Å². The lowest BCUT2D eigenvalue weighted by molar-refractivity contribution is -0.133. The van der Waals surface area contributed by atoms with Gasteiger partial charge in [-0.05, 0) is 11.5 Å². The maximum Gasteiger partial charge on any atom is 0.417 e. The molecule has 1 heterocycles. The number of hydrogen-bond donors (Lipinski definition) is 1. The molecule has 142 valence electrons. The van der Waals surface area contributed by atoms with Crippen molar-refractivity contribution in [3.05, 3.63) is 35.9 Å². The summed E-state index contributed by atoms with van der Waals surface area (Å²) in [5.41, 5.74) is 6.85. The van der Waals surface area contributed by atoms with Crippen LogP contribution in [0.2, 0.25) is 0 Å². The highest BCUT2D eigenvalue weighted by Gasteiger charge is 2.34. The predicted octanol–water partition coefficient (Wildman–Crippen LogP) is 2.87. The van der Waals surface area contributed by atoms with E-state index >= 15 is 0 Å². The fourth-order valence-corrected chi connectivity index (χ4v) is 2.64. The van der Waals surface area contributed by atoms with E-state index in [0.717, 1.165) is 10.5 Å². The van der Waals surface area contributed by atoms with Crippen LogP contribution >= 0.6 is 11.6 Å². The van der Waals surface area contributed by atoms with E-state index in [1.54, 1.807) is 0 Å². The minimum atomic E-state index is -0.804. The molecule has 3 atom stereocenters. The Morgan fingerprint density at radius 1 is 1.42 bits per heavy atom. The highest BCUT2D eigenvalue weighted by molar-refractivity contribution is 6.65. The molecule has 0 bridgehead atoms. The maximum absolute atomic E-state index is 12.7. The molecule has 1 aliphatic heterocycles. The van der Waals surface area contributed by atoms with E-state index in [-0.39, 0.29) is 19.1 Å². The van der Waals surface area contributed by atoms with Gasteiger partial charge in [-0.1, -0.05) is 67.4 Å². The van der Waals surface area contributed by atoms with E-state index in [2.05, 4.69) is 5.16 Å². The molecule has 0 saturated carbocycles. The van der Waals surface area contributed by atoms with Crippen molar-refractivity contribution in [3.8, 4) is 0 Å². The second-order valence-electron chi connectivity index (χ2n) is 6.30. The number of nitrogens with two attached hydrogens (primary N) is 1. The van der Waals surface area contributed by atoms with Crippen molar-refractivity contribution in [2.24, 2.45) is 16.8 Å². The molecule has 8 heteroatoms. The minimum Gasteiger partial charge on any atom is -0.444 e. The normalized spacial score (nSPS) is 18.5. The zero-order valence-electron chi connectivity index (χ0n) is 14.9. The molecule has 1 aromatic rings. The smallest absolute Gasteiger partial charge is 0.417 e. The third-order valence-electron chi connectivity index (χ3n) is 4.32. The SMILES string of the molecule is CC[C@H](C)[C@H](N)C(=O)N(CC1CC(Cl)=NO1)C(=O)OCc1ccccc1. The molecule has 26 heavy (non-hydrogen) atoms. The van der Waals surface area contributed by atoms with Gasteiger partial charge in [-0.15, -0.1) is 0 Å². The van der Waals surface area contributed by atoms with Gasteiger partial charge in [0, 0.05) is 6.42 Å². The fourth-order valence-electron chi connectivity index (χ4n) is 2.42. The van der Waals surface area contributed by atoms with Crippen LogP contribution in [0.3, 0.4) is 0 Å². The lowest BCUT2D eigenvalue weighted by atomic mass is 9.99. The van der Waals surface area contributed by atoms with E-state index < -0.39 is 24.1 Å². The molecule has 2 rings (SSSR count). The molecule has 1 aromatic carbocycles. The molecule has 0 aromatic heterocycles. The van der Waals surface area contributed by atoms with Crippen LogP contribution in [0.4, 0.5) is 4.79 Å². The van der Waals surface area contributed by atoms with Crippen molar-refractivity contribution in [2.75, 3.05) is 6.54 Å². The van der Waals surface area contributed by atoms with Gasteiger partial charge in [0.15, 0.2) is 6.10 Å². The Morgan fingerprint density at radius 3 is 2.69 bits per heavy atom. The molecular weight excluding hydrogens is 358 g/mol. The van der Waals surface area contributed by atoms with E-state index in [0.29, 0.717) is 18.0 Å². The number of nitrogens with zero attached hydrogens (tertiary/aromatic N) is 2. The van der Waals surface area contributed by atoms with Gasteiger partial charge < -0.3 is 15.3 Å². The zero-order valence-corrected chi connectivity index (χ0v) is 15.7. The first-order valence-electron chi connectivity index (χ1n) is 8.58. The van der Waals surface area contributed by atoms with Crippen molar-refractivity contribution in [1.82, 2.24) is 4.90 Å². The number of oxime groups is 1. The van der Waals surface area contributed by atoms with Crippen molar-refractivity contribution in [2.45, 2.75) is 45.4 Å². The van der Waals surface area contributed by atoms with Gasteiger partial charge in [-0.25, -0.2) is 9.69 Å². The molecular formula is C18H24ClN3O4. The quantitative estimate of drug-likeness (QED) is 0.783. The Labute approximate surface area is 158 Å². The van der Waals surface area contributed by atoms with Crippen molar-refractivity contribution in [3.63, 3.8) is 0 Å². The van der Waals surface area contributed by atoms with Gasteiger partial charge in [0.1, 0.15) is 11.8 Å². The van der Waals surface area contributed by atoms with Gasteiger partial charge in [-0.3, -0.25) is 4.79 Å². The van der Waals surface area contributed by atoms with Crippen molar-refractivity contribution in [1.29, 1.82) is 0 Å². The molecule has 1 unspecified atom stereocenters. The van der Waals surface area contributed by atoms with E-state index in [4.69, 9.17) is 26.9 Å². The maximum atomic E-state index is 12.7. The Bertz CT molecular complexity index is 653. The Kier molecular flexibility index (Phi) is 7.41. The molecule has 0 fully saturated rings. The first kappa shape index (κ1) is 20.2. The number of carbonyl (C=O) groups is 2. The third kappa shape index (κ3) is 5.44. The Morgan fingerprint density at radius 2 is 2.12 bits per heavy atom. The van der Waals surface area contributed by atoms with Crippen LogP contribution in [0.25, 0.3) is 0 Å². The Hall–Kier alpha value is -2.12. The lowest BCUT2D eigenvalue weighted by Gasteiger charge is -2.27. The summed E-state index contributed by atoms with van der Waals surface area (Å²) in [6.45, 7) is 3.84. The highest BCUT2D eigenvalue weighted by atomic mass is 35.5. The molecule has 2 amide bonds. The van der Waals surface area contributed by atoms with Gasteiger partial charge in [0.25, 0.3) is 0 Å². The van der Waals surface area contributed by atoms with Crippen LogP contribution in [0.1, 0.15) is 32.3 Å². The van der Waals surface area contributed by atoms with Crippen molar-refractivity contribution < 1.29 is 19.2 Å². The zero-order chi connectivity index (χ0) is 19.1. The van der Waals surface area contributed by atoms with Crippen LogP contribution in [0.5, 0.6) is 0 Å². The summed E-state index contributed by atoms with van der Waals surface area (Å²) in [7, 11) is 0. The molecule has 0 saturated heterocycles. The summed E-state index contributed by atoms with van der Waals surface area (Å²) >= 11 is 5.81. The van der Waals surface area contributed by atoms with Crippen molar-refractivity contribution >= 4 is 28.8 Å². The van der Waals surface area contributed by atoms with Gasteiger partial charge >= 0.3 is 6.09 Å². The highest BCUT2D eigenvalue weighted by Crippen LogP contribution is 2.17. The minimum absolute atomic E-state index is 0.0175. The number of ether oxygens (including phenoxy) is 1. The van der Waals surface area contributed by atoms with Gasteiger partial charge in [0.05, 0.1) is 12.6 Å². The van der Waals surface area contributed by atoms with Crippen LogP contribution in [-0.2, 0) is 21.0 Å². The number of rotatable bonds is 7. The number of benzene rings is 1. The van der Waals surface area contributed by atoms with Gasteiger partial charge in [-0.2, -0.15) is 0 Å². The summed E-state index contributed by atoms with van der Waals surface area (Å²) in [5, 5.41) is 3.94. The summed E-state index contributed by atoms with van der Waals surface area (Å²) in [6, 6.07) is 8.42. The second kappa shape index (κ2) is 9.54. The summed E-state index contributed by atoms with van der Waals surface area (Å²) in [5.74, 6) is -0.569. The molecule has 2 N–H and O–H groups in total. The fraction of sp³-hybridized carbons (Fsp3) is 0.500. The number of imide groups is 1. The third-order valence-corrected chi connectivity index (χ3v) is 4.54. The average molecular weight is 382 g/mol. The number of hydrogen-bond acceptors (Lipinski definition) is 6. The first-order valence-corrected chi connectivity index (χ1v) is 8.96. The molecule has 0 aliphatic carbocycles. The lowest BCUT2D eigenvalue weighted by Crippen LogP contribution is -2.51. The monoisotopic (exact) mass is 381 g/mol. The largest absolute Gasteiger partial charge is 0.444 e. The molecule has 1 aliphatic rings. The predicted molar refractivity (Wildman–Crippen MR) is 98.5 cm³/mol. The van der Waals surface area contributed by atoms with E-state index in [9.17, 15) is 9.59 Å². The van der Waals surface area contributed by atoms with Crippen LogP contribution in [0.15, 0.2) is 35.5 Å². The summed E-state index contributed by atoms with van der Waals surface area (Å²) in [4.78, 5) is 31.4.